The second-order valence-electron chi connectivity index (χ2n) is 6.03. The summed E-state index contributed by atoms with van der Waals surface area (Å²) in [6.07, 6.45) is 5.72. The SMILES string of the molecule is Cc1ccc2cnn(CCC(=O)Nc3cnn(C(C)C)c3)c2c1. The summed E-state index contributed by atoms with van der Waals surface area (Å²) in [5.41, 5.74) is 2.97. The van der Waals surface area contributed by atoms with E-state index in [0.717, 1.165) is 16.6 Å². The molecule has 23 heavy (non-hydrogen) atoms. The van der Waals surface area contributed by atoms with Crippen LogP contribution in [0.15, 0.2) is 36.8 Å². The normalized spacial score (nSPS) is 11.3. The van der Waals surface area contributed by atoms with Gasteiger partial charge in [-0.25, -0.2) is 0 Å². The van der Waals surface area contributed by atoms with Gasteiger partial charge in [-0.2, -0.15) is 10.2 Å². The number of amides is 1. The quantitative estimate of drug-likeness (QED) is 0.787. The third kappa shape index (κ3) is 3.41. The van der Waals surface area contributed by atoms with Crippen molar-refractivity contribution in [2.24, 2.45) is 0 Å². The first-order chi connectivity index (χ1) is 11.0. The highest BCUT2D eigenvalue weighted by Crippen LogP contribution is 2.16. The molecule has 0 bridgehead atoms. The van der Waals surface area contributed by atoms with Gasteiger partial charge < -0.3 is 5.32 Å². The van der Waals surface area contributed by atoms with Crippen molar-refractivity contribution in [3.63, 3.8) is 0 Å². The minimum atomic E-state index is -0.0374. The fraction of sp³-hybridized carbons (Fsp3) is 0.353. The Labute approximate surface area is 135 Å². The summed E-state index contributed by atoms with van der Waals surface area (Å²) in [5.74, 6) is -0.0374. The van der Waals surface area contributed by atoms with Crippen molar-refractivity contribution in [3.05, 3.63) is 42.4 Å². The van der Waals surface area contributed by atoms with Crippen LogP contribution in [0.3, 0.4) is 0 Å². The Morgan fingerprint density at radius 2 is 2.09 bits per heavy atom. The summed E-state index contributed by atoms with van der Waals surface area (Å²) in [5, 5.41) is 12.5. The number of aryl methyl sites for hydroxylation is 2. The molecule has 0 aliphatic rings. The van der Waals surface area contributed by atoms with Crippen LogP contribution in [0, 0.1) is 6.92 Å². The number of rotatable bonds is 5. The predicted molar refractivity (Wildman–Crippen MR) is 90.3 cm³/mol. The van der Waals surface area contributed by atoms with Crippen molar-refractivity contribution in [1.82, 2.24) is 19.6 Å². The lowest BCUT2D eigenvalue weighted by Gasteiger charge is -2.05. The van der Waals surface area contributed by atoms with Crippen LogP contribution >= 0.6 is 0 Å². The van der Waals surface area contributed by atoms with Gasteiger partial charge >= 0.3 is 0 Å². The highest BCUT2D eigenvalue weighted by molar-refractivity contribution is 5.90. The maximum atomic E-state index is 12.1. The van der Waals surface area contributed by atoms with E-state index in [-0.39, 0.29) is 11.9 Å². The van der Waals surface area contributed by atoms with Gasteiger partial charge in [0.05, 0.1) is 30.1 Å². The van der Waals surface area contributed by atoms with E-state index < -0.39 is 0 Å². The molecule has 120 valence electrons. The van der Waals surface area contributed by atoms with E-state index in [2.05, 4.69) is 40.6 Å². The highest BCUT2D eigenvalue weighted by Gasteiger charge is 2.08. The molecule has 1 N–H and O–H groups in total. The average molecular weight is 311 g/mol. The Morgan fingerprint density at radius 3 is 2.83 bits per heavy atom. The molecule has 3 aromatic rings. The summed E-state index contributed by atoms with van der Waals surface area (Å²) >= 11 is 0. The number of nitrogens with zero attached hydrogens (tertiary/aromatic N) is 4. The number of anilines is 1. The van der Waals surface area contributed by atoms with Gasteiger partial charge in [-0.15, -0.1) is 0 Å². The first kappa shape index (κ1) is 15.3. The van der Waals surface area contributed by atoms with Crippen molar-refractivity contribution in [2.45, 2.75) is 39.8 Å². The summed E-state index contributed by atoms with van der Waals surface area (Å²) in [6, 6.07) is 6.48. The lowest BCUT2D eigenvalue weighted by atomic mass is 10.2. The number of benzene rings is 1. The van der Waals surface area contributed by atoms with E-state index in [9.17, 15) is 4.79 Å². The zero-order valence-electron chi connectivity index (χ0n) is 13.7. The summed E-state index contributed by atoms with van der Waals surface area (Å²) in [6.45, 7) is 6.69. The fourth-order valence-electron chi connectivity index (χ4n) is 2.47. The summed E-state index contributed by atoms with van der Waals surface area (Å²) in [7, 11) is 0. The molecule has 0 unspecified atom stereocenters. The zero-order valence-corrected chi connectivity index (χ0v) is 13.7. The molecule has 3 rings (SSSR count). The van der Waals surface area contributed by atoms with E-state index in [1.807, 2.05) is 35.6 Å². The number of hydrogen-bond acceptors (Lipinski definition) is 3. The number of nitrogens with one attached hydrogen (secondary N) is 1. The Kier molecular flexibility index (Phi) is 4.14. The van der Waals surface area contributed by atoms with Crippen molar-refractivity contribution < 1.29 is 4.79 Å². The van der Waals surface area contributed by atoms with Crippen LogP contribution in [0.4, 0.5) is 5.69 Å². The standard InChI is InChI=1S/C17H21N5O/c1-12(2)22-11-15(10-19-22)20-17(23)6-7-21-16-8-13(3)4-5-14(16)9-18-21/h4-5,8-12H,6-7H2,1-3H3,(H,20,23). The molecular formula is C17H21N5O. The minimum Gasteiger partial charge on any atom is -0.323 e. The van der Waals surface area contributed by atoms with Gasteiger partial charge in [0.25, 0.3) is 0 Å². The maximum absolute atomic E-state index is 12.1. The van der Waals surface area contributed by atoms with Gasteiger partial charge in [-0.1, -0.05) is 12.1 Å². The Morgan fingerprint density at radius 1 is 1.26 bits per heavy atom. The molecule has 0 spiro atoms. The second kappa shape index (κ2) is 6.24. The van der Waals surface area contributed by atoms with Gasteiger partial charge in [-0.3, -0.25) is 14.2 Å². The van der Waals surface area contributed by atoms with Crippen LogP contribution in [0.25, 0.3) is 10.9 Å². The van der Waals surface area contributed by atoms with Crippen molar-refractivity contribution in [2.75, 3.05) is 5.32 Å². The second-order valence-corrected chi connectivity index (χ2v) is 6.03. The molecular weight excluding hydrogens is 290 g/mol. The number of carbonyl (C=O) groups is 1. The van der Waals surface area contributed by atoms with Gasteiger partial charge in [0.15, 0.2) is 0 Å². The smallest absolute Gasteiger partial charge is 0.226 e. The van der Waals surface area contributed by atoms with Crippen LogP contribution in [0.2, 0.25) is 0 Å². The monoisotopic (exact) mass is 311 g/mol. The van der Waals surface area contributed by atoms with E-state index in [0.29, 0.717) is 13.0 Å². The van der Waals surface area contributed by atoms with Crippen molar-refractivity contribution >= 4 is 22.5 Å². The highest BCUT2D eigenvalue weighted by atomic mass is 16.1. The fourth-order valence-corrected chi connectivity index (χ4v) is 2.47. The molecule has 0 aliphatic carbocycles. The summed E-state index contributed by atoms with van der Waals surface area (Å²) in [4.78, 5) is 12.1. The number of aromatic nitrogens is 4. The van der Waals surface area contributed by atoms with Crippen LogP contribution in [-0.4, -0.2) is 25.5 Å². The Bertz CT molecular complexity index is 830. The van der Waals surface area contributed by atoms with Crippen molar-refractivity contribution in [3.8, 4) is 0 Å². The molecule has 6 heteroatoms. The lowest BCUT2D eigenvalue weighted by molar-refractivity contribution is -0.116. The average Bonchev–Trinajstić information content (AvgIpc) is 3.12. The van der Waals surface area contributed by atoms with Crippen LogP contribution in [-0.2, 0) is 11.3 Å². The zero-order chi connectivity index (χ0) is 16.4. The van der Waals surface area contributed by atoms with Crippen LogP contribution < -0.4 is 5.32 Å². The van der Waals surface area contributed by atoms with Gasteiger partial charge in [0, 0.05) is 24.0 Å². The van der Waals surface area contributed by atoms with E-state index in [1.165, 1.54) is 5.56 Å². The topological polar surface area (TPSA) is 64.7 Å². The first-order valence-electron chi connectivity index (χ1n) is 7.79. The van der Waals surface area contributed by atoms with E-state index in [4.69, 9.17) is 0 Å². The molecule has 1 aromatic carbocycles. The van der Waals surface area contributed by atoms with E-state index in [1.54, 1.807) is 6.20 Å². The maximum Gasteiger partial charge on any atom is 0.226 e. The number of fused-ring (bicyclic) bond motifs is 1. The van der Waals surface area contributed by atoms with Gasteiger partial charge in [0.1, 0.15) is 0 Å². The van der Waals surface area contributed by atoms with Crippen LogP contribution in [0.5, 0.6) is 0 Å². The molecule has 6 nitrogen and oxygen atoms in total. The Balaban J connectivity index is 1.62. The summed E-state index contributed by atoms with van der Waals surface area (Å²) < 4.78 is 3.69. The molecule has 0 aliphatic heterocycles. The van der Waals surface area contributed by atoms with Crippen LogP contribution in [0.1, 0.15) is 31.9 Å². The molecule has 1 amide bonds. The predicted octanol–water partition coefficient (Wildman–Crippen LogP) is 3.15. The third-order valence-corrected chi connectivity index (χ3v) is 3.77. The minimum absolute atomic E-state index is 0.0374. The third-order valence-electron chi connectivity index (χ3n) is 3.77. The molecule has 0 fully saturated rings. The van der Waals surface area contributed by atoms with Gasteiger partial charge in [-0.05, 0) is 32.4 Å². The Hall–Kier alpha value is -2.63. The molecule has 0 atom stereocenters. The van der Waals surface area contributed by atoms with Crippen molar-refractivity contribution in [1.29, 1.82) is 0 Å². The largest absolute Gasteiger partial charge is 0.323 e. The number of carbonyl (C=O) groups excluding carboxylic acids is 1. The lowest BCUT2D eigenvalue weighted by Crippen LogP contribution is -2.14. The molecule has 0 saturated heterocycles. The van der Waals surface area contributed by atoms with Gasteiger partial charge in [0.2, 0.25) is 5.91 Å². The molecule has 2 aromatic heterocycles. The number of hydrogen-bond donors (Lipinski definition) is 1. The molecule has 2 heterocycles. The first-order valence-corrected chi connectivity index (χ1v) is 7.79. The molecule has 0 radical (unpaired) electrons. The molecule has 0 saturated carbocycles. The van der Waals surface area contributed by atoms with E-state index >= 15 is 0 Å².